The number of aromatic carboxylic acids is 1. The lowest BCUT2D eigenvalue weighted by Gasteiger charge is -2.15. The molecule has 1 saturated heterocycles. The molecule has 0 radical (unpaired) electrons. The van der Waals surface area contributed by atoms with E-state index in [9.17, 15) is 9.59 Å². The van der Waals surface area contributed by atoms with Crippen LogP contribution in [0.3, 0.4) is 0 Å². The fraction of sp³-hybridized carbons (Fsp3) is 0.0833. The smallest absolute Gasteiger partial charge is 0.335 e. The van der Waals surface area contributed by atoms with E-state index < -0.39 is 5.97 Å². The normalized spacial score (nSPS) is 17.7. The molecule has 1 aliphatic rings. The van der Waals surface area contributed by atoms with E-state index in [0.29, 0.717) is 15.6 Å². The Morgan fingerprint density at radius 2 is 2.06 bits per heavy atom. The van der Waals surface area contributed by atoms with Crippen molar-refractivity contribution in [2.75, 3.05) is 5.75 Å². The van der Waals surface area contributed by atoms with Crippen molar-refractivity contribution >= 4 is 46.9 Å². The quantitative estimate of drug-likeness (QED) is 0.639. The Bertz CT molecular complexity index is 549. The first kappa shape index (κ1) is 12.8. The average Bonchev–Trinajstić information content (AvgIpc) is 2.33. The summed E-state index contributed by atoms with van der Waals surface area (Å²) in [6.45, 7) is 0. The molecule has 6 heteroatoms. The minimum atomic E-state index is -0.968. The molecule has 0 aromatic heterocycles. The first-order valence-corrected chi connectivity index (χ1v) is 6.47. The van der Waals surface area contributed by atoms with Gasteiger partial charge in [0, 0.05) is 5.75 Å². The first-order chi connectivity index (χ1) is 8.56. The van der Waals surface area contributed by atoms with Gasteiger partial charge in [0.1, 0.15) is 0 Å². The molecule has 0 aliphatic carbocycles. The average molecular weight is 279 g/mol. The highest BCUT2D eigenvalue weighted by molar-refractivity contribution is 8.05. The number of nitrogens with one attached hydrogen (secondary N) is 1. The zero-order chi connectivity index (χ0) is 13.1. The maximum absolute atomic E-state index is 11.6. The number of hydrogen-bond donors (Lipinski definition) is 2. The van der Waals surface area contributed by atoms with Gasteiger partial charge in [-0.15, -0.1) is 11.8 Å². The van der Waals surface area contributed by atoms with Crippen molar-refractivity contribution in [1.29, 1.82) is 0 Å². The number of carbonyl (C=O) groups is 2. The molecule has 0 unspecified atom stereocenters. The summed E-state index contributed by atoms with van der Waals surface area (Å²) in [5.41, 5.74) is 1.00. The van der Waals surface area contributed by atoms with Gasteiger partial charge in [-0.05, 0) is 23.8 Å². The van der Waals surface area contributed by atoms with E-state index in [1.807, 2.05) is 0 Å². The number of carboxylic acids is 1. The van der Waals surface area contributed by atoms with Gasteiger partial charge in [0.25, 0.3) is 5.91 Å². The Labute approximate surface area is 113 Å². The summed E-state index contributed by atoms with van der Waals surface area (Å²) < 4.78 is 0. The van der Waals surface area contributed by atoms with Crippen molar-refractivity contribution in [2.24, 2.45) is 0 Å². The van der Waals surface area contributed by atoms with Gasteiger partial charge in [-0.2, -0.15) is 0 Å². The zero-order valence-electron chi connectivity index (χ0n) is 9.17. The summed E-state index contributed by atoms with van der Waals surface area (Å²) in [5, 5.41) is 11.4. The highest BCUT2D eigenvalue weighted by Crippen LogP contribution is 2.23. The molecular formula is C12H9NO3S2. The predicted molar refractivity (Wildman–Crippen MR) is 74.6 cm³/mol. The Hall–Kier alpha value is -1.66. The molecule has 92 valence electrons. The number of carbonyl (C=O) groups excluding carboxylic acids is 1. The van der Waals surface area contributed by atoms with Gasteiger partial charge in [-0.3, -0.25) is 4.79 Å². The van der Waals surface area contributed by atoms with Crippen LogP contribution in [0.5, 0.6) is 0 Å². The van der Waals surface area contributed by atoms with Crippen molar-refractivity contribution in [3.63, 3.8) is 0 Å². The van der Waals surface area contributed by atoms with E-state index in [0.717, 1.165) is 5.56 Å². The van der Waals surface area contributed by atoms with Gasteiger partial charge in [0.2, 0.25) is 0 Å². The standard InChI is InChI=1S/C12H9NO3S2/c14-11-9(18-6-10(17)13-11)5-7-1-3-8(4-2-7)12(15)16/h1-5H,6H2,(H,15,16)(H,13,14,17)/b9-5-. The highest BCUT2D eigenvalue weighted by atomic mass is 32.2. The van der Waals surface area contributed by atoms with Crippen LogP contribution in [0.15, 0.2) is 29.2 Å². The van der Waals surface area contributed by atoms with Crippen molar-refractivity contribution < 1.29 is 14.7 Å². The lowest BCUT2D eigenvalue weighted by Crippen LogP contribution is -2.35. The van der Waals surface area contributed by atoms with E-state index >= 15 is 0 Å². The van der Waals surface area contributed by atoms with Gasteiger partial charge >= 0.3 is 5.97 Å². The minimum Gasteiger partial charge on any atom is -0.478 e. The topological polar surface area (TPSA) is 66.4 Å². The third-order valence-electron chi connectivity index (χ3n) is 2.29. The largest absolute Gasteiger partial charge is 0.478 e. The van der Waals surface area contributed by atoms with Crippen molar-refractivity contribution in [3.8, 4) is 0 Å². The Balaban J connectivity index is 2.20. The summed E-state index contributed by atoms with van der Waals surface area (Å²) in [7, 11) is 0. The van der Waals surface area contributed by atoms with E-state index in [-0.39, 0.29) is 11.5 Å². The second-order valence-corrected chi connectivity index (χ2v) is 5.11. The molecule has 1 aromatic carbocycles. The molecule has 0 spiro atoms. The van der Waals surface area contributed by atoms with Gasteiger partial charge in [-0.25, -0.2) is 4.79 Å². The number of thioether (sulfide) groups is 1. The van der Waals surface area contributed by atoms with Crippen LogP contribution in [0.4, 0.5) is 0 Å². The van der Waals surface area contributed by atoms with Gasteiger partial charge in [0.05, 0.1) is 15.5 Å². The summed E-state index contributed by atoms with van der Waals surface area (Å²) in [5.74, 6) is -0.594. The van der Waals surface area contributed by atoms with E-state index in [1.165, 1.54) is 23.9 Å². The SMILES string of the molecule is O=C1NC(=S)CS/C1=C\c1ccc(C(=O)O)cc1. The number of amides is 1. The van der Waals surface area contributed by atoms with Crippen molar-refractivity contribution in [1.82, 2.24) is 5.32 Å². The lowest BCUT2D eigenvalue weighted by molar-refractivity contribution is -0.115. The second-order valence-electron chi connectivity index (χ2n) is 3.60. The molecule has 1 heterocycles. The van der Waals surface area contributed by atoms with E-state index in [4.69, 9.17) is 17.3 Å². The molecule has 1 aliphatic heterocycles. The molecule has 0 atom stereocenters. The molecule has 2 rings (SSSR count). The maximum atomic E-state index is 11.6. The second kappa shape index (κ2) is 5.32. The Morgan fingerprint density at radius 1 is 1.39 bits per heavy atom. The fourth-order valence-electron chi connectivity index (χ4n) is 1.41. The molecule has 1 amide bonds. The fourth-order valence-corrected chi connectivity index (χ4v) is 2.44. The third-order valence-corrected chi connectivity index (χ3v) is 3.77. The van der Waals surface area contributed by atoms with Crippen LogP contribution >= 0.6 is 24.0 Å². The molecule has 1 aromatic rings. The van der Waals surface area contributed by atoms with Crippen molar-refractivity contribution in [2.45, 2.75) is 0 Å². The highest BCUT2D eigenvalue weighted by Gasteiger charge is 2.18. The van der Waals surface area contributed by atoms with Crippen LogP contribution in [0.1, 0.15) is 15.9 Å². The molecule has 0 saturated carbocycles. The molecular weight excluding hydrogens is 270 g/mol. The molecule has 0 bridgehead atoms. The summed E-state index contributed by atoms with van der Waals surface area (Å²) in [6.07, 6.45) is 1.72. The van der Waals surface area contributed by atoms with Crippen molar-refractivity contribution in [3.05, 3.63) is 40.3 Å². The van der Waals surface area contributed by atoms with Gasteiger partial charge in [-0.1, -0.05) is 24.4 Å². The predicted octanol–water partition coefficient (Wildman–Crippen LogP) is 1.92. The number of benzene rings is 1. The monoisotopic (exact) mass is 279 g/mol. The summed E-state index contributed by atoms with van der Waals surface area (Å²) in [4.78, 5) is 23.4. The Morgan fingerprint density at radius 3 is 2.61 bits per heavy atom. The van der Waals surface area contributed by atoms with Crippen LogP contribution < -0.4 is 5.32 Å². The van der Waals surface area contributed by atoms with Crippen LogP contribution in [-0.4, -0.2) is 27.7 Å². The van der Waals surface area contributed by atoms with Crippen LogP contribution in [0.25, 0.3) is 6.08 Å². The van der Waals surface area contributed by atoms with Gasteiger partial charge in [0.15, 0.2) is 0 Å². The molecule has 18 heavy (non-hydrogen) atoms. The third kappa shape index (κ3) is 2.96. The molecule has 2 N–H and O–H groups in total. The summed E-state index contributed by atoms with van der Waals surface area (Å²) >= 11 is 6.28. The minimum absolute atomic E-state index is 0.210. The first-order valence-electron chi connectivity index (χ1n) is 5.08. The van der Waals surface area contributed by atoms with E-state index in [1.54, 1.807) is 18.2 Å². The lowest BCUT2D eigenvalue weighted by atomic mass is 10.1. The molecule has 1 fully saturated rings. The zero-order valence-corrected chi connectivity index (χ0v) is 10.8. The summed E-state index contributed by atoms with van der Waals surface area (Å²) in [6, 6.07) is 6.34. The Kier molecular flexibility index (Phi) is 3.78. The number of thiocarbonyl (C=S) groups is 1. The molecule has 4 nitrogen and oxygen atoms in total. The number of hydrogen-bond acceptors (Lipinski definition) is 4. The maximum Gasteiger partial charge on any atom is 0.335 e. The number of carboxylic acid groups (broad SMARTS) is 1. The van der Waals surface area contributed by atoms with E-state index in [2.05, 4.69) is 5.32 Å². The number of rotatable bonds is 2. The van der Waals surface area contributed by atoms with Crippen LogP contribution in [-0.2, 0) is 4.79 Å². The van der Waals surface area contributed by atoms with Crippen LogP contribution in [0.2, 0.25) is 0 Å². The van der Waals surface area contributed by atoms with Gasteiger partial charge < -0.3 is 10.4 Å². The van der Waals surface area contributed by atoms with Crippen LogP contribution in [0, 0.1) is 0 Å².